The maximum absolute atomic E-state index is 12.7. The number of anilines is 2. The third-order valence-corrected chi connectivity index (χ3v) is 5.40. The Balaban J connectivity index is 1.17. The van der Waals surface area contributed by atoms with E-state index in [4.69, 9.17) is 9.47 Å². The number of carbonyl (C=O) groups excluding carboxylic acids is 1. The fraction of sp³-hybridized carbons (Fsp3) is 0.261. The molecule has 158 valence electrons. The second kappa shape index (κ2) is 8.51. The van der Waals surface area contributed by atoms with Gasteiger partial charge in [-0.2, -0.15) is 0 Å². The lowest BCUT2D eigenvalue weighted by Crippen LogP contribution is -2.50. The van der Waals surface area contributed by atoms with Gasteiger partial charge in [-0.25, -0.2) is 4.79 Å². The van der Waals surface area contributed by atoms with Gasteiger partial charge >= 0.3 is 6.03 Å². The summed E-state index contributed by atoms with van der Waals surface area (Å²) in [5.41, 5.74) is 2.59. The predicted molar refractivity (Wildman–Crippen MR) is 118 cm³/mol. The highest BCUT2D eigenvalue weighted by molar-refractivity contribution is 5.90. The minimum atomic E-state index is -0.123. The minimum absolute atomic E-state index is 0.123. The molecule has 8 heteroatoms. The molecule has 8 nitrogen and oxygen atoms in total. The van der Waals surface area contributed by atoms with E-state index in [9.17, 15) is 4.79 Å². The molecule has 0 spiro atoms. The van der Waals surface area contributed by atoms with E-state index in [1.807, 2.05) is 54.6 Å². The van der Waals surface area contributed by atoms with Crippen LogP contribution in [0.1, 0.15) is 0 Å². The summed E-state index contributed by atoms with van der Waals surface area (Å²) in [6, 6.07) is 19.3. The first-order valence-corrected chi connectivity index (χ1v) is 10.4. The molecule has 1 N–H and O–H groups in total. The van der Waals surface area contributed by atoms with Crippen LogP contribution < -0.4 is 19.7 Å². The van der Waals surface area contributed by atoms with E-state index in [1.165, 1.54) is 0 Å². The molecule has 3 aromatic rings. The number of hydrogen-bond acceptors (Lipinski definition) is 6. The summed E-state index contributed by atoms with van der Waals surface area (Å²) in [4.78, 5) is 16.6. The SMILES string of the molecule is O=C(Nc1ccc2c(c1)OCCO2)N1CCN(c2ccc(-c3ccccc3)nn2)CC1. The molecule has 0 bridgehead atoms. The van der Waals surface area contributed by atoms with Crippen LogP contribution in [0.15, 0.2) is 60.7 Å². The largest absolute Gasteiger partial charge is 0.486 e. The molecule has 1 aromatic heterocycles. The Hall–Kier alpha value is -3.81. The van der Waals surface area contributed by atoms with Gasteiger partial charge in [0.25, 0.3) is 0 Å². The van der Waals surface area contributed by atoms with E-state index in [-0.39, 0.29) is 6.03 Å². The number of fused-ring (bicyclic) bond motifs is 1. The Morgan fingerprint density at radius 1 is 0.839 bits per heavy atom. The molecule has 31 heavy (non-hydrogen) atoms. The number of rotatable bonds is 3. The van der Waals surface area contributed by atoms with Crippen molar-refractivity contribution >= 4 is 17.5 Å². The Labute approximate surface area is 180 Å². The molecule has 0 radical (unpaired) electrons. The summed E-state index contributed by atoms with van der Waals surface area (Å²) in [7, 11) is 0. The average molecular weight is 417 g/mol. The van der Waals surface area contributed by atoms with Crippen LogP contribution in [0.2, 0.25) is 0 Å². The number of carbonyl (C=O) groups is 1. The molecule has 0 atom stereocenters. The number of urea groups is 1. The molecule has 0 unspecified atom stereocenters. The van der Waals surface area contributed by atoms with Crippen LogP contribution in [0.4, 0.5) is 16.3 Å². The smallest absolute Gasteiger partial charge is 0.321 e. The number of piperazine rings is 1. The number of hydrogen-bond donors (Lipinski definition) is 1. The highest BCUT2D eigenvalue weighted by Gasteiger charge is 2.23. The first-order valence-electron chi connectivity index (χ1n) is 10.4. The number of ether oxygens (including phenoxy) is 2. The lowest BCUT2D eigenvalue weighted by molar-refractivity contribution is 0.171. The topological polar surface area (TPSA) is 79.8 Å². The summed E-state index contributed by atoms with van der Waals surface area (Å²) in [5.74, 6) is 2.19. The van der Waals surface area contributed by atoms with Crippen molar-refractivity contribution in [1.82, 2.24) is 15.1 Å². The normalized spacial score (nSPS) is 15.5. The highest BCUT2D eigenvalue weighted by atomic mass is 16.6. The van der Waals surface area contributed by atoms with Gasteiger partial charge in [-0.15, -0.1) is 10.2 Å². The summed E-state index contributed by atoms with van der Waals surface area (Å²) < 4.78 is 11.1. The van der Waals surface area contributed by atoms with E-state index in [0.717, 1.165) is 17.1 Å². The summed E-state index contributed by atoms with van der Waals surface area (Å²) in [6.45, 7) is 3.68. The Morgan fingerprint density at radius 2 is 1.61 bits per heavy atom. The van der Waals surface area contributed by atoms with Crippen LogP contribution in [0.3, 0.4) is 0 Å². The predicted octanol–water partition coefficient (Wildman–Crippen LogP) is 3.27. The zero-order valence-electron chi connectivity index (χ0n) is 17.0. The van der Waals surface area contributed by atoms with Crippen LogP contribution in [0.25, 0.3) is 11.3 Å². The van der Waals surface area contributed by atoms with Crippen LogP contribution in [-0.4, -0.2) is 60.5 Å². The van der Waals surface area contributed by atoms with E-state index in [0.29, 0.717) is 56.6 Å². The molecule has 1 fully saturated rings. The molecule has 2 aliphatic heterocycles. The summed E-state index contributed by atoms with van der Waals surface area (Å²) >= 11 is 0. The third-order valence-electron chi connectivity index (χ3n) is 5.40. The molecule has 3 heterocycles. The van der Waals surface area contributed by atoms with Crippen molar-refractivity contribution in [2.45, 2.75) is 0 Å². The monoisotopic (exact) mass is 417 g/mol. The molecule has 1 saturated heterocycles. The summed E-state index contributed by atoms with van der Waals surface area (Å²) in [6.07, 6.45) is 0. The Morgan fingerprint density at radius 3 is 2.35 bits per heavy atom. The highest BCUT2D eigenvalue weighted by Crippen LogP contribution is 2.32. The van der Waals surface area contributed by atoms with Gasteiger partial charge in [0.15, 0.2) is 17.3 Å². The Bertz CT molecular complexity index is 1050. The van der Waals surface area contributed by atoms with Crippen LogP contribution in [-0.2, 0) is 0 Å². The van der Waals surface area contributed by atoms with Gasteiger partial charge < -0.3 is 24.6 Å². The molecule has 2 aromatic carbocycles. The second-order valence-corrected chi connectivity index (χ2v) is 7.41. The zero-order valence-corrected chi connectivity index (χ0v) is 17.0. The van der Waals surface area contributed by atoms with Crippen molar-refractivity contribution < 1.29 is 14.3 Å². The van der Waals surface area contributed by atoms with E-state index >= 15 is 0 Å². The van der Waals surface area contributed by atoms with Crippen LogP contribution in [0.5, 0.6) is 11.5 Å². The molecule has 0 saturated carbocycles. The van der Waals surface area contributed by atoms with Gasteiger partial charge in [0.05, 0.1) is 5.69 Å². The van der Waals surface area contributed by atoms with Crippen LogP contribution in [0, 0.1) is 0 Å². The maximum Gasteiger partial charge on any atom is 0.321 e. The first-order chi connectivity index (χ1) is 15.3. The van der Waals surface area contributed by atoms with Gasteiger partial charge in [-0.3, -0.25) is 0 Å². The number of aromatic nitrogens is 2. The molecular formula is C23H23N5O3. The van der Waals surface area contributed by atoms with E-state index in [1.54, 1.807) is 11.0 Å². The van der Waals surface area contributed by atoms with Crippen molar-refractivity contribution in [2.75, 3.05) is 49.6 Å². The van der Waals surface area contributed by atoms with Crippen molar-refractivity contribution in [3.63, 3.8) is 0 Å². The van der Waals surface area contributed by atoms with Crippen molar-refractivity contribution in [3.05, 3.63) is 60.7 Å². The number of benzene rings is 2. The van der Waals surface area contributed by atoms with Gasteiger partial charge in [-0.05, 0) is 24.3 Å². The quantitative estimate of drug-likeness (QED) is 0.705. The van der Waals surface area contributed by atoms with Gasteiger partial charge in [0.1, 0.15) is 13.2 Å². The van der Waals surface area contributed by atoms with Crippen LogP contribution >= 0.6 is 0 Å². The number of nitrogens with one attached hydrogen (secondary N) is 1. The van der Waals surface area contributed by atoms with Gasteiger partial charge in [-0.1, -0.05) is 30.3 Å². The third kappa shape index (κ3) is 4.23. The number of nitrogens with zero attached hydrogens (tertiary/aromatic N) is 4. The van der Waals surface area contributed by atoms with Gasteiger partial charge in [0.2, 0.25) is 0 Å². The molecular weight excluding hydrogens is 394 g/mol. The molecule has 2 aliphatic rings. The minimum Gasteiger partial charge on any atom is -0.486 e. The van der Waals surface area contributed by atoms with E-state index in [2.05, 4.69) is 20.4 Å². The fourth-order valence-corrected chi connectivity index (χ4v) is 3.72. The lowest BCUT2D eigenvalue weighted by Gasteiger charge is -2.35. The molecule has 5 rings (SSSR count). The fourth-order valence-electron chi connectivity index (χ4n) is 3.72. The van der Waals surface area contributed by atoms with Gasteiger partial charge in [0, 0.05) is 43.5 Å². The lowest BCUT2D eigenvalue weighted by atomic mass is 10.1. The van der Waals surface area contributed by atoms with Crippen molar-refractivity contribution in [3.8, 4) is 22.8 Å². The zero-order chi connectivity index (χ0) is 21.0. The first kappa shape index (κ1) is 19.2. The van der Waals surface area contributed by atoms with Crippen molar-refractivity contribution in [2.24, 2.45) is 0 Å². The summed E-state index contributed by atoms with van der Waals surface area (Å²) in [5, 5.41) is 11.7. The molecule has 0 aliphatic carbocycles. The average Bonchev–Trinajstić information content (AvgIpc) is 2.85. The molecule has 2 amide bonds. The van der Waals surface area contributed by atoms with Crippen molar-refractivity contribution in [1.29, 1.82) is 0 Å². The number of amides is 2. The standard InChI is InChI=1S/C23H23N5O3/c29-23(24-18-6-8-20-21(16-18)31-15-14-30-20)28-12-10-27(11-13-28)22-9-7-19(25-26-22)17-4-2-1-3-5-17/h1-9,16H,10-15H2,(H,24,29). The maximum atomic E-state index is 12.7. The van der Waals surface area contributed by atoms with E-state index < -0.39 is 0 Å². The Kier molecular flexibility index (Phi) is 5.26. The second-order valence-electron chi connectivity index (χ2n) is 7.41.